The van der Waals surface area contributed by atoms with Crippen molar-refractivity contribution in [3.8, 4) is 0 Å². The Morgan fingerprint density at radius 1 is 1.29 bits per heavy atom. The molecule has 0 radical (unpaired) electrons. The van der Waals surface area contributed by atoms with Crippen molar-refractivity contribution in [2.45, 2.75) is 12.1 Å². The average molecular weight is 369 g/mol. The third kappa shape index (κ3) is 4.57. The molecule has 110 valence electrons. The number of hydrogen-bond acceptors (Lipinski definition) is 7. The minimum Gasteiger partial charge on any atom is -0.368 e. The summed E-state index contributed by atoms with van der Waals surface area (Å²) in [6.45, 7) is 1.92. The Labute approximate surface area is 134 Å². The van der Waals surface area contributed by atoms with Crippen LogP contribution in [0.4, 0.5) is 17.6 Å². The van der Waals surface area contributed by atoms with Crippen LogP contribution in [0.15, 0.2) is 27.8 Å². The lowest BCUT2D eigenvalue weighted by Gasteiger charge is -2.08. The predicted octanol–water partition coefficient (Wildman–Crippen LogP) is 1.84. The maximum Gasteiger partial charge on any atom is 0.234 e. The number of aromatic nitrogens is 3. The van der Waals surface area contributed by atoms with Gasteiger partial charge in [-0.2, -0.15) is 15.0 Å². The van der Waals surface area contributed by atoms with Crippen LogP contribution in [-0.2, 0) is 4.79 Å². The van der Waals surface area contributed by atoms with Crippen molar-refractivity contribution in [1.82, 2.24) is 15.0 Å². The van der Waals surface area contributed by atoms with Gasteiger partial charge in [-0.1, -0.05) is 27.7 Å². The summed E-state index contributed by atoms with van der Waals surface area (Å²) in [5.41, 5.74) is 12.7. The van der Waals surface area contributed by atoms with Crippen molar-refractivity contribution >= 4 is 51.2 Å². The molecule has 0 aliphatic carbocycles. The Hall–Kier alpha value is -1.87. The maximum atomic E-state index is 11.9. The molecule has 0 bridgehead atoms. The molecule has 0 unspecified atom stereocenters. The van der Waals surface area contributed by atoms with E-state index in [1.165, 1.54) is 0 Å². The van der Waals surface area contributed by atoms with Crippen LogP contribution in [-0.4, -0.2) is 26.6 Å². The van der Waals surface area contributed by atoms with Gasteiger partial charge in [0.1, 0.15) is 0 Å². The maximum absolute atomic E-state index is 11.9. The molecule has 0 spiro atoms. The first-order valence-electron chi connectivity index (χ1n) is 5.90. The molecule has 2 rings (SSSR count). The largest absolute Gasteiger partial charge is 0.368 e. The van der Waals surface area contributed by atoms with Crippen LogP contribution in [0, 0.1) is 6.92 Å². The smallest absolute Gasteiger partial charge is 0.234 e. The molecule has 1 amide bonds. The molecular formula is C12H13BrN6OS. The Kier molecular flexibility index (Phi) is 4.97. The van der Waals surface area contributed by atoms with E-state index in [2.05, 4.69) is 36.2 Å². The zero-order valence-electron chi connectivity index (χ0n) is 11.1. The van der Waals surface area contributed by atoms with Crippen molar-refractivity contribution in [3.63, 3.8) is 0 Å². The number of nitrogens with one attached hydrogen (secondary N) is 1. The lowest BCUT2D eigenvalue weighted by Crippen LogP contribution is -2.15. The number of halogens is 1. The molecule has 0 saturated carbocycles. The van der Waals surface area contributed by atoms with Crippen LogP contribution in [0.25, 0.3) is 0 Å². The molecule has 5 N–H and O–H groups in total. The fourth-order valence-electron chi connectivity index (χ4n) is 1.54. The summed E-state index contributed by atoms with van der Waals surface area (Å²) < 4.78 is 0.962. The number of nitrogens with zero attached hydrogens (tertiary/aromatic N) is 3. The third-order valence-corrected chi connectivity index (χ3v) is 3.78. The lowest BCUT2D eigenvalue weighted by atomic mass is 10.2. The Bertz CT molecular complexity index is 661. The molecule has 1 heterocycles. The minimum absolute atomic E-state index is 0.0363. The second kappa shape index (κ2) is 6.72. The summed E-state index contributed by atoms with van der Waals surface area (Å²) in [5.74, 6) is 0.0598. The van der Waals surface area contributed by atoms with E-state index >= 15 is 0 Å². The summed E-state index contributed by atoms with van der Waals surface area (Å²) >= 11 is 4.52. The summed E-state index contributed by atoms with van der Waals surface area (Å²) in [6.07, 6.45) is 0. The van der Waals surface area contributed by atoms with E-state index in [1.54, 1.807) is 0 Å². The number of rotatable bonds is 4. The third-order valence-electron chi connectivity index (χ3n) is 2.44. The van der Waals surface area contributed by atoms with Crippen molar-refractivity contribution in [1.29, 1.82) is 0 Å². The number of hydrogen-bond donors (Lipinski definition) is 3. The fourth-order valence-corrected chi connectivity index (χ4v) is 2.66. The first-order valence-corrected chi connectivity index (χ1v) is 7.68. The molecule has 0 aliphatic rings. The van der Waals surface area contributed by atoms with E-state index in [0.717, 1.165) is 27.5 Å². The molecule has 7 nitrogen and oxygen atoms in total. The van der Waals surface area contributed by atoms with Gasteiger partial charge in [0, 0.05) is 10.2 Å². The van der Waals surface area contributed by atoms with Gasteiger partial charge < -0.3 is 16.8 Å². The van der Waals surface area contributed by atoms with Gasteiger partial charge in [-0.25, -0.2) is 0 Å². The molecule has 0 saturated heterocycles. The molecular weight excluding hydrogens is 356 g/mol. The highest BCUT2D eigenvalue weighted by molar-refractivity contribution is 9.10. The van der Waals surface area contributed by atoms with Crippen LogP contribution in [0.1, 0.15) is 5.56 Å². The van der Waals surface area contributed by atoms with Gasteiger partial charge in [-0.05, 0) is 30.7 Å². The van der Waals surface area contributed by atoms with Crippen LogP contribution in [0.5, 0.6) is 0 Å². The molecule has 0 atom stereocenters. The lowest BCUT2D eigenvalue weighted by molar-refractivity contribution is -0.113. The highest BCUT2D eigenvalue weighted by Gasteiger charge is 2.09. The van der Waals surface area contributed by atoms with Crippen LogP contribution < -0.4 is 16.8 Å². The second-order valence-corrected chi connectivity index (χ2v) is 5.99. The Morgan fingerprint density at radius 3 is 2.57 bits per heavy atom. The number of nitrogen functional groups attached to an aromatic ring is 2. The van der Waals surface area contributed by atoms with E-state index in [0.29, 0.717) is 5.16 Å². The van der Waals surface area contributed by atoms with E-state index in [1.807, 2.05) is 25.1 Å². The number of carbonyl (C=O) groups is 1. The zero-order valence-corrected chi connectivity index (χ0v) is 13.5. The number of thioether (sulfide) groups is 1. The van der Waals surface area contributed by atoms with Gasteiger partial charge in [-0.3, -0.25) is 4.79 Å². The normalized spacial score (nSPS) is 10.4. The van der Waals surface area contributed by atoms with Gasteiger partial charge in [0.2, 0.25) is 17.8 Å². The first-order chi connectivity index (χ1) is 9.94. The van der Waals surface area contributed by atoms with Gasteiger partial charge in [0.25, 0.3) is 0 Å². The van der Waals surface area contributed by atoms with Crippen molar-refractivity contribution < 1.29 is 4.79 Å². The number of nitrogens with two attached hydrogens (primary N) is 2. The Morgan fingerprint density at radius 2 is 1.95 bits per heavy atom. The Balaban J connectivity index is 1.95. The predicted molar refractivity (Wildman–Crippen MR) is 86.9 cm³/mol. The quantitative estimate of drug-likeness (QED) is 0.704. The highest BCUT2D eigenvalue weighted by Crippen LogP contribution is 2.21. The van der Waals surface area contributed by atoms with Crippen molar-refractivity contribution in [2.24, 2.45) is 0 Å². The fraction of sp³-hybridized carbons (Fsp3) is 0.167. The van der Waals surface area contributed by atoms with Crippen molar-refractivity contribution in [3.05, 3.63) is 28.2 Å². The number of aryl methyl sites for hydroxylation is 1. The molecule has 2 aromatic rings. The van der Waals surface area contributed by atoms with Crippen LogP contribution in [0.2, 0.25) is 0 Å². The minimum atomic E-state index is -0.164. The van der Waals surface area contributed by atoms with Gasteiger partial charge in [-0.15, -0.1) is 0 Å². The summed E-state index contributed by atoms with van der Waals surface area (Å²) in [6, 6.07) is 5.63. The molecule has 1 aromatic carbocycles. The van der Waals surface area contributed by atoms with Gasteiger partial charge >= 0.3 is 0 Å². The molecule has 9 heteroatoms. The van der Waals surface area contributed by atoms with E-state index in [4.69, 9.17) is 11.5 Å². The van der Waals surface area contributed by atoms with E-state index < -0.39 is 0 Å². The first kappa shape index (κ1) is 15.5. The van der Waals surface area contributed by atoms with E-state index in [9.17, 15) is 4.79 Å². The summed E-state index contributed by atoms with van der Waals surface area (Å²) in [5, 5.41) is 3.14. The topological polar surface area (TPSA) is 120 Å². The number of anilines is 3. The van der Waals surface area contributed by atoms with Gasteiger partial charge in [0.05, 0.1) is 5.75 Å². The van der Waals surface area contributed by atoms with Crippen molar-refractivity contribution in [2.75, 3.05) is 22.5 Å². The number of carbonyl (C=O) groups excluding carboxylic acids is 1. The monoisotopic (exact) mass is 368 g/mol. The summed E-state index contributed by atoms with van der Waals surface area (Å²) in [4.78, 5) is 23.4. The molecule has 0 fully saturated rings. The summed E-state index contributed by atoms with van der Waals surface area (Å²) in [7, 11) is 0. The molecule has 21 heavy (non-hydrogen) atoms. The van der Waals surface area contributed by atoms with Gasteiger partial charge in [0.15, 0.2) is 5.16 Å². The number of benzene rings is 1. The number of amides is 1. The molecule has 0 aliphatic heterocycles. The second-order valence-electron chi connectivity index (χ2n) is 4.13. The van der Waals surface area contributed by atoms with E-state index in [-0.39, 0.29) is 23.6 Å². The van der Waals surface area contributed by atoms with Crippen LogP contribution in [0.3, 0.4) is 0 Å². The zero-order chi connectivity index (χ0) is 15.4. The average Bonchev–Trinajstić information content (AvgIpc) is 2.39. The highest BCUT2D eigenvalue weighted by atomic mass is 79.9. The molecule has 1 aromatic heterocycles. The SMILES string of the molecule is Cc1cc(Br)ccc1NC(=O)CSc1nc(N)nc(N)n1. The van der Waals surface area contributed by atoms with Crippen LogP contribution >= 0.6 is 27.7 Å². The standard InChI is InChI=1S/C12H13BrN6OS/c1-6-4-7(13)2-3-8(6)16-9(20)5-21-12-18-10(14)17-11(15)19-12/h2-4H,5H2,1H3,(H,16,20)(H4,14,15,17,18,19).